The minimum Gasteiger partial charge on any atom is -0.334 e. The molecule has 0 saturated heterocycles. The van der Waals surface area contributed by atoms with Crippen LogP contribution < -0.4 is 14.7 Å². The van der Waals surface area contributed by atoms with E-state index in [1.54, 1.807) is 0 Å². The zero-order valence-electron chi connectivity index (χ0n) is 47.7. The molecule has 3 heteroatoms. The fourth-order valence-electron chi connectivity index (χ4n) is 14.9. The first-order chi connectivity index (χ1) is 39.2. The summed E-state index contributed by atoms with van der Waals surface area (Å²) in [5.41, 5.74) is 30.1. The molecule has 0 spiro atoms. The van der Waals surface area contributed by atoms with Gasteiger partial charge >= 0.3 is 0 Å². The van der Waals surface area contributed by atoms with Crippen molar-refractivity contribution in [3.8, 4) is 44.5 Å². The van der Waals surface area contributed by atoms with E-state index in [1.807, 2.05) is 0 Å². The van der Waals surface area contributed by atoms with Crippen molar-refractivity contribution >= 4 is 45.5 Å². The maximum Gasteiger partial charge on any atom is 0.0559 e. The quantitative estimate of drug-likeness (QED) is 0.150. The predicted molar refractivity (Wildman–Crippen MR) is 341 cm³/mol. The second-order valence-electron chi connectivity index (χ2n) is 25.3. The monoisotopic (exact) mass is 1050 g/mol. The summed E-state index contributed by atoms with van der Waals surface area (Å²) in [6, 6.07) is 83.0. The van der Waals surface area contributed by atoms with Gasteiger partial charge in [0.1, 0.15) is 0 Å². The van der Waals surface area contributed by atoms with Crippen molar-refractivity contribution < 1.29 is 0 Å². The van der Waals surface area contributed by atoms with E-state index in [0.29, 0.717) is 0 Å². The lowest BCUT2D eigenvalue weighted by Crippen LogP contribution is -2.38. The van der Waals surface area contributed by atoms with Crippen LogP contribution in [0.2, 0.25) is 0 Å². The highest BCUT2D eigenvalue weighted by molar-refractivity contribution is 5.96. The van der Waals surface area contributed by atoms with Gasteiger partial charge in [-0.05, 0) is 186 Å². The largest absolute Gasteiger partial charge is 0.334 e. The van der Waals surface area contributed by atoms with Crippen LogP contribution in [0.1, 0.15) is 106 Å². The molecule has 0 aromatic heterocycles. The van der Waals surface area contributed by atoms with Crippen LogP contribution in [0.3, 0.4) is 0 Å². The van der Waals surface area contributed by atoms with E-state index in [2.05, 4.69) is 313 Å². The maximum absolute atomic E-state index is 2.58. The Balaban J connectivity index is 0.804. The molecule has 2 aliphatic heterocycles. The average molecular weight is 1050 g/mol. The van der Waals surface area contributed by atoms with Crippen molar-refractivity contribution in [2.75, 3.05) is 14.7 Å². The van der Waals surface area contributed by atoms with Crippen LogP contribution in [0.5, 0.6) is 0 Å². The molecular weight excluding hydrogens is 979 g/mol. The summed E-state index contributed by atoms with van der Waals surface area (Å²) in [4.78, 5) is 7.54. The molecule has 394 valence electrons. The molecule has 3 aliphatic carbocycles. The van der Waals surface area contributed by atoms with E-state index in [9.17, 15) is 0 Å². The van der Waals surface area contributed by atoms with Gasteiger partial charge in [-0.3, -0.25) is 0 Å². The van der Waals surface area contributed by atoms with E-state index in [0.717, 1.165) is 23.5 Å². The number of para-hydroxylation sites is 2. The van der Waals surface area contributed by atoms with Crippen LogP contribution in [-0.4, -0.2) is 6.04 Å². The fraction of sp³-hybridized carbons (Fsp3) is 0.179. The van der Waals surface area contributed by atoms with Crippen molar-refractivity contribution in [3.63, 3.8) is 0 Å². The second-order valence-corrected chi connectivity index (χ2v) is 25.3. The highest BCUT2D eigenvalue weighted by Gasteiger charge is 2.46. The molecule has 0 N–H and O–H groups in total. The van der Waals surface area contributed by atoms with Gasteiger partial charge in [0.05, 0.1) is 23.1 Å². The van der Waals surface area contributed by atoms with E-state index >= 15 is 0 Å². The molecule has 0 radical (unpaired) electrons. The SMILES string of the molecule is CC1(C)c2ccccc2-c2ccc(N(c3ccccc3)c3ccc(-c4ccc5c(c4)C(C)(C)c4cc(-c6ccc(N(c7ccc8c(c7)C(C)(C)c7ccccc7-8)C7C=CC=CC7)cc6)cc6c4N5c4ccccc4C6(C)C)cc3)cc21. The molecule has 0 fully saturated rings. The molecule has 3 nitrogen and oxygen atoms in total. The Kier molecular flexibility index (Phi) is 10.8. The summed E-state index contributed by atoms with van der Waals surface area (Å²) < 4.78 is 0. The van der Waals surface area contributed by atoms with Crippen LogP contribution in [0.25, 0.3) is 44.5 Å². The maximum atomic E-state index is 2.58. The van der Waals surface area contributed by atoms with Gasteiger partial charge in [-0.1, -0.05) is 207 Å². The zero-order chi connectivity index (χ0) is 55.2. The van der Waals surface area contributed by atoms with Crippen LogP contribution >= 0.6 is 0 Å². The molecular formula is C78H67N3. The summed E-state index contributed by atoms with van der Waals surface area (Å²) in [5.74, 6) is 0. The Hall–Kier alpha value is -8.92. The summed E-state index contributed by atoms with van der Waals surface area (Å²) >= 11 is 0. The van der Waals surface area contributed by atoms with Crippen LogP contribution in [0.15, 0.2) is 243 Å². The number of hydrogen-bond acceptors (Lipinski definition) is 3. The van der Waals surface area contributed by atoms with Crippen LogP contribution in [0.4, 0.5) is 45.5 Å². The molecule has 81 heavy (non-hydrogen) atoms. The zero-order valence-corrected chi connectivity index (χ0v) is 47.7. The first-order valence-electron chi connectivity index (χ1n) is 29.1. The van der Waals surface area contributed by atoms with Crippen molar-refractivity contribution in [1.82, 2.24) is 0 Å². The summed E-state index contributed by atoms with van der Waals surface area (Å²) in [6.07, 6.45) is 9.99. The predicted octanol–water partition coefficient (Wildman–Crippen LogP) is 20.9. The number of hydrogen-bond donors (Lipinski definition) is 0. The number of allylic oxidation sites excluding steroid dienone is 2. The van der Waals surface area contributed by atoms with Gasteiger partial charge in [-0.2, -0.15) is 0 Å². The van der Waals surface area contributed by atoms with Gasteiger partial charge in [-0.15, -0.1) is 0 Å². The fourth-order valence-corrected chi connectivity index (χ4v) is 14.9. The van der Waals surface area contributed by atoms with Crippen LogP contribution in [-0.2, 0) is 21.7 Å². The number of benzene rings is 10. The third kappa shape index (κ3) is 7.33. The highest BCUT2D eigenvalue weighted by Crippen LogP contribution is 2.61. The molecule has 0 amide bonds. The van der Waals surface area contributed by atoms with Crippen LogP contribution in [0, 0.1) is 0 Å². The minimum atomic E-state index is -0.325. The lowest BCUT2D eigenvalue weighted by atomic mass is 9.65. The molecule has 10 aromatic carbocycles. The topological polar surface area (TPSA) is 9.72 Å². The Bertz CT molecular complexity index is 4260. The normalized spacial score (nSPS) is 17.2. The van der Waals surface area contributed by atoms with E-state index < -0.39 is 0 Å². The first-order valence-corrected chi connectivity index (χ1v) is 29.1. The molecule has 2 heterocycles. The smallest absolute Gasteiger partial charge is 0.0559 e. The summed E-state index contributed by atoms with van der Waals surface area (Å²) in [7, 11) is 0. The standard InChI is InChI=1S/C78H67N3/c1-75(2)64-27-17-15-25-60(64)62-42-40-58(48-67(62)75)79(54-21-11-9-12-22-54)56-36-31-50(32-37-56)52-35-44-73-69(45-52)78(7,8)71-47-53(46-70-74(71)81(73)72-30-20-19-29-66(72)77(70,5)6)51-33-38-57(39-34-51)80(55-23-13-10-14-24-55)59-41-43-63-61-26-16-18-28-65(61)76(3,4)68(63)49-59/h9-23,25-49,55H,24H2,1-8H3. The van der Waals surface area contributed by atoms with Gasteiger partial charge in [0.15, 0.2) is 0 Å². The highest BCUT2D eigenvalue weighted by atomic mass is 15.2. The minimum absolute atomic E-state index is 0.0839. The molecule has 1 atom stereocenters. The van der Waals surface area contributed by atoms with E-state index in [1.165, 1.54) is 117 Å². The van der Waals surface area contributed by atoms with Crippen molar-refractivity contribution in [1.29, 1.82) is 0 Å². The average Bonchev–Trinajstić information content (AvgIpc) is 4.07. The molecule has 5 aliphatic rings. The first kappa shape index (κ1) is 49.1. The lowest BCUT2D eigenvalue weighted by molar-refractivity contribution is 0.598. The third-order valence-corrected chi connectivity index (χ3v) is 19.3. The third-order valence-electron chi connectivity index (χ3n) is 19.3. The Morgan fingerprint density at radius 1 is 0.333 bits per heavy atom. The molecule has 0 saturated carbocycles. The van der Waals surface area contributed by atoms with E-state index in [-0.39, 0.29) is 27.7 Å². The van der Waals surface area contributed by atoms with Gasteiger partial charge in [0.25, 0.3) is 0 Å². The number of fused-ring (bicyclic) bond motifs is 10. The number of nitrogens with zero attached hydrogens (tertiary/aromatic N) is 3. The van der Waals surface area contributed by atoms with Gasteiger partial charge in [-0.25, -0.2) is 0 Å². The van der Waals surface area contributed by atoms with Crippen molar-refractivity contribution in [3.05, 3.63) is 287 Å². The molecule has 10 aromatic rings. The number of rotatable bonds is 8. The Morgan fingerprint density at radius 2 is 0.790 bits per heavy atom. The van der Waals surface area contributed by atoms with Crippen molar-refractivity contribution in [2.24, 2.45) is 0 Å². The summed E-state index contributed by atoms with van der Waals surface area (Å²) in [5, 5.41) is 0. The second kappa shape index (κ2) is 17.8. The lowest BCUT2D eigenvalue weighted by Gasteiger charge is -2.50. The summed E-state index contributed by atoms with van der Waals surface area (Å²) in [6.45, 7) is 19.2. The van der Waals surface area contributed by atoms with Gasteiger partial charge in [0.2, 0.25) is 0 Å². The van der Waals surface area contributed by atoms with E-state index in [4.69, 9.17) is 0 Å². The molecule has 0 bridgehead atoms. The Morgan fingerprint density at radius 3 is 1.42 bits per heavy atom. The van der Waals surface area contributed by atoms with Gasteiger partial charge in [0, 0.05) is 50.1 Å². The molecule has 1 unspecified atom stereocenters. The van der Waals surface area contributed by atoms with Crippen molar-refractivity contribution in [2.45, 2.75) is 89.5 Å². The molecule has 15 rings (SSSR count). The Labute approximate surface area is 478 Å². The van der Waals surface area contributed by atoms with Gasteiger partial charge < -0.3 is 14.7 Å². The number of anilines is 8.